The molecule has 22 heavy (non-hydrogen) atoms. The second kappa shape index (κ2) is 6.02. The van der Waals surface area contributed by atoms with Crippen LogP contribution in [0.4, 0.5) is 5.13 Å². The Balaban J connectivity index is 1.80. The molecule has 0 unspecified atom stereocenters. The number of hydrogen-bond donors (Lipinski definition) is 1. The number of rotatable bonds is 3. The highest BCUT2D eigenvalue weighted by Gasteiger charge is 2.13. The smallest absolute Gasteiger partial charge is 0.257 e. The van der Waals surface area contributed by atoms with Crippen molar-refractivity contribution in [2.75, 3.05) is 5.32 Å². The number of thiophene rings is 1. The molecule has 0 radical (unpaired) electrons. The Morgan fingerprint density at radius 1 is 1.14 bits per heavy atom. The molecule has 112 valence electrons. The number of anilines is 1. The van der Waals surface area contributed by atoms with E-state index in [4.69, 9.17) is 0 Å². The minimum Gasteiger partial charge on any atom is -0.298 e. The summed E-state index contributed by atoms with van der Waals surface area (Å²) in [5.74, 6) is -0.107. The van der Waals surface area contributed by atoms with E-state index in [0.717, 1.165) is 21.7 Å². The number of amides is 1. The maximum Gasteiger partial charge on any atom is 0.257 e. The van der Waals surface area contributed by atoms with Crippen LogP contribution in [0.5, 0.6) is 0 Å². The van der Waals surface area contributed by atoms with E-state index in [2.05, 4.69) is 29.4 Å². The number of hydrogen-bond acceptors (Lipinski definition) is 4. The first kappa shape index (κ1) is 14.9. The fourth-order valence-corrected chi connectivity index (χ4v) is 3.79. The Labute approximate surface area is 137 Å². The van der Waals surface area contributed by atoms with Crippen molar-refractivity contribution in [3.05, 3.63) is 57.3 Å². The van der Waals surface area contributed by atoms with Crippen LogP contribution in [-0.2, 0) is 0 Å². The number of aromatic nitrogens is 1. The summed E-state index contributed by atoms with van der Waals surface area (Å²) in [5.41, 5.74) is 3.73. The summed E-state index contributed by atoms with van der Waals surface area (Å²) >= 11 is 3.16. The molecule has 1 amide bonds. The number of thiazole rings is 1. The van der Waals surface area contributed by atoms with E-state index >= 15 is 0 Å². The summed E-state index contributed by atoms with van der Waals surface area (Å²) < 4.78 is 0. The molecule has 0 saturated carbocycles. The van der Waals surface area contributed by atoms with Crippen molar-refractivity contribution in [3.63, 3.8) is 0 Å². The van der Waals surface area contributed by atoms with Crippen LogP contribution in [0.25, 0.3) is 10.6 Å². The Morgan fingerprint density at radius 2 is 1.95 bits per heavy atom. The van der Waals surface area contributed by atoms with Gasteiger partial charge in [-0.2, -0.15) is 0 Å². The van der Waals surface area contributed by atoms with Gasteiger partial charge >= 0.3 is 0 Å². The maximum atomic E-state index is 12.4. The van der Waals surface area contributed by atoms with E-state index in [9.17, 15) is 4.79 Å². The molecular weight excluding hydrogens is 312 g/mol. The summed E-state index contributed by atoms with van der Waals surface area (Å²) in [7, 11) is 0. The van der Waals surface area contributed by atoms with Gasteiger partial charge in [-0.1, -0.05) is 12.1 Å². The minimum atomic E-state index is -0.107. The second-order valence-corrected chi connectivity index (χ2v) is 7.30. The monoisotopic (exact) mass is 328 g/mol. The van der Waals surface area contributed by atoms with Crippen LogP contribution in [0.15, 0.2) is 35.7 Å². The first-order chi connectivity index (χ1) is 10.5. The lowest BCUT2D eigenvalue weighted by molar-refractivity contribution is 0.102. The van der Waals surface area contributed by atoms with Gasteiger partial charge in [-0.25, -0.2) is 4.98 Å². The standard InChI is InChI=1S/C17H16N2OS2/c1-10-5-4-6-13(12(10)3)16(20)19-17-18-14(9-21-17)15-8-7-11(2)22-15/h4-9H,1-3H3,(H,18,19,20). The van der Waals surface area contributed by atoms with Crippen LogP contribution in [0.3, 0.4) is 0 Å². The number of nitrogens with zero attached hydrogens (tertiary/aromatic N) is 1. The molecule has 1 N–H and O–H groups in total. The molecule has 0 aliphatic carbocycles. The Kier molecular flexibility index (Phi) is 4.09. The van der Waals surface area contributed by atoms with Crippen LogP contribution in [0, 0.1) is 20.8 Å². The van der Waals surface area contributed by atoms with Crippen molar-refractivity contribution in [1.82, 2.24) is 4.98 Å². The van der Waals surface area contributed by atoms with Crippen molar-refractivity contribution in [2.24, 2.45) is 0 Å². The van der Waals surface area contributed by atoms with Gasteiger partial charge in [0.2, 0.25) is 0 Å². The molecule has 2 heterocycles. The highest BCUT2D eigenvalue weighted by Crippen LogP contribution is 2.30. The van der Waals surface area contributed by atoms with Crippen molar-refractivity contribution >= 4 is 33.7 Å². The van der Waals surface area contributed by atoms with E-state index < -0.39 is 0 Å². The molecule has 0 saturated heterocycles. The molecule has 0 aliphatic rings. The lowest BCUT2D eigenvalue weighted by atomic mass is 10.0. The number of aryl methyl sites for hydroxylation is 2. The SMILES string of the molecule is Cc1ccc(-c2csc(NC(=O)c3cccc(C)c3C)n2)s1. The molecule has 0 atom stereocenters. The largest absolute Gasteiger partial charge is 0.298 e. The topological polar surface area (TPSA) is 42.0 Å². The van der Waals surface area contributed by atoms with Gasteiger partial charge in [0.25, 0.3) is 5.91 Å². The van der Waals surface area contributed by atoms with Crippen LogP contribution in [0.2, 0.25) is 0 Å². The van der Waals surface area contributed by atoms with Crippen LogP contribution >= 0.6 is 22.7 Å². The average Bonchev–Trinajstić information content (AvgIpc) is 3.10. The quantitative estimate of drug-likeness (QED) is 0.731. The van der Waals surface area contributed by atoms with Crippen molar-refractivity contribution in [3.8, 4) is 10.6 Å². The predicted octanol–water partition coefficient (Wildman–Crippen LogP) is 5.05. The first-order valence-corrected chi connectivity index (χ1v) is 8.64. The molecule has 0 aliphatic heterocycles. The third kappa shape index (κ3) is 2.96. The van der Waals surface area contributed by atoms with Crippen molar-refractivity contribution < 1.29 is 4.79 Å². The Bertz CT molecular complexity index is 833. The third-order valence-electron chi connectivity index (χ3n) is 3.57. The molecule has 0 fully saturated rings. The zero-order chi connectivity index (χ0) is 15.7. The van der Waals surface area contributed by atoms with Crippen LogP contribution in [0.1, 0.15) is 26.4 Å². The minimum absolute atomic E-state index is 0.107. The Morgan fingerprint density at radius 3 is 2.68 bits per heavy atom. The van der Waals surface area contributed by atoms with Crippen molar-refractivity contribution in [1.29, 1.82) is 0 Å². The summed E-state index contributed by atoms with van der Waals surface area (Å²) in [6, 6.07) is 9.89. The van der Waals surface area contributed by atoms with Gasteiger partial charge in [0.1, 0.15) is 0 Å². The van der Waals surface area contributed by atoms with E-state index in [-0.39, 0.29) is 5.91 Å². The van der Waals surface area contributed by atoms with E-state index in [0.29, 0.717) is 10.7 Å². The highest BCUT2D eigenvalue weighted by molar-refractivity contribution is 7.17. The highest BCUT2D eigenvalue weighted by atomic mass is 32.1. The molecule has 0 bridgehead atoms. The summed E-state index contributed by atoms with van der Waals surface area (Å²) in [6.45, 7) is 6.04. The third-order valence-corrected chi connectivity index (χ3v) is 5.35. The van der Waals surface area contributed by atoms with Crippen molar-refractivity contribution in [2.45, 2.75) is 20.8 Å². The lowest BCUT2D eigenvalue weighted by Crippen LogP contribution is -2.13. The van der Waals surface area contributed by atoms with Crippen LogP contribution in [-0.4, -0.2) is 10.9 Å². The second-order valence-electron chi connectivity index (χ2n) is 5.15. The number of benzene rings is 1. The molecule has 2 aromatic heterocycles. The zero-order valence-electron chi connectivity index (χ0n) is 12.6. The molecule has 3 rings (SSSR count). The van der Waals surface area contributed by atoms with Gasteiger partial charge in [-0.3, -0.25) is 10.1 Å². The maximum absolute atomic E-state index is 12.4. The number of carbonyl (C=O) groups excluding carboxylic acids is 1. The van der Waals surface area contributed by atoms with Gasteiger partial charge < -0.3 is 0 Å². The molecule has 3 nitrogen and oxygen atoms in total. The average molecular weight is 328 g/mol. The summed E-state index contributed by atoms with van der Waals surface area (Å²) in [6.07, 6.45) is 0. The first-order valence-electron chi connectivity index (χ1n) is 6.94. The van der Waals surface area contributed by atoms with Gasteiger partial charge in [0, 0.05) is 15.8 Å². The van der Waals surface area contributed by atoms with Gasteiger partial charge in [0.15, 0.2) is 5.13 Å². The van der Waals surface area contributed by atoms with Gasteiger partial charge in [-0.05, 0) is 50.1 Å². The number of carbonyl (C=O) groups is 1. The summed E-state index contributed by atoms with van der Waals surface area (Å²) in [5, 5.41) is 5.50. The van der Waals surface area contributed by atoms with Gasteiger partial charge in [-0.15, -0.1) is 22.7 Å². The van der Waals surface area contributed by atoms with E-state index in [1.807, 2.05) is 37.4 Å². The van der Waals surface area contributed by atoms with E-state index in [1.165, 1.54) is 16.2 Å². The molecule has 5 heteroatoms. The molecule has 3 aromatic rings. The zero-order valence-corrected chi connectivity index (χ0v) is 14.3. The predicted molar refractivity (Wildman–Crippen MR) is 94.0 cm³/mol. The normalized spacial score (nSPS) is 10.7. The Hall–Kier alpha value is -1.98. The molecule has 1 aromatic carbocycles. The number of nitrogens with one attached hydrogen (secondary N) is 1. The fourth-order valence-electron chi connectivity index (χ4n) is 2.18. The lowest BCUT2D eigenvalue weighted by Gasteiger charge is -2.07. The molecular formula is C17H16N2OS2. The van der Waals surface area contributed by atoms with E-state index in [1.54, 1.807) is 11.3 Å². The molecule has 0 spiro atoms. The van der Waals surface area contributed by atoms with Crippen LogP contribution < -0.4 is 5.32 Å². The van der Waals surface area contributed by atoms with Gasteiger partial charge in [0.05, 0.1) is 10.6 Å². The summed E-state index contributed by atoms with van der Waals surface area (Å²) in [4.78, 5) is 19.3. The fraction of sp³-hybridized carbons (Fsp3) is 0.176.